The number of alkyl halides is 3. The van der Waals surface area contributed by atoms with E-state index in [1.54, 1.807) is 0 Å². The summed E-state index contributed by atoms with van der Waals surface area (Å²) in [6, 6.07) is 15.2. The van der Waals surface area contributed by atoms with Crippen molar-refractivity contribution in [2.45, 2.75) is 45.9 Å². The number of hydrogen-bond acceptors (Lipinski definition) is 3. The zero-order chi connectivity index (χ0) is 22.0. The number of benzene rings is 2. The summed E-state index contributed by atoms with van der Waals surface area (Å²) >= 11 is 0. The van der Waals surface area contributed by atoms with Gasteiger partial charge in [0.2, 0.25) is 0 Å². The molecule has 2 aromatic carbocycles. The van der Waals surface area contributed by atoms with Crippen LogP contribution in [0, 0.1) is 12.8 Å². The second-order valence-corrected chi connectivity index (χ2v) is 7.89. The smallest absolute Gasteiger partial charge is 0.457 e. The molecule has 6 heteroatoms. The number of aryl methyl sites for hydroxylation is 2. The molecule has 1 aliphatic carbocycles. The molecule has 0 saturated heterocycles. The summed E-state index contributed by atoms with van der Waals surface area (Å²) < 4.78 is 46.4. The van der Waals surface area contributed by atoms with Crippen molar-refractivity contribution < 1.29 is 22.6 Å². The zero-order valence-electron chi connectivity index (χ0n) is 17.5. The van der Waals surface area contributed by atoms with Crippen molar-refractivity contribution in [3.05, 3.63) is 71.5 Å². The van der Waals surface area contributed by atoms with Crippen LogP contribution in [-0.4, -0.2) is 11.3 Å². The number of fused-ring (bicyclic) bond motifs is 1. The molecule has 0 saturated carbocycles. The van der Waals surface area contributed by atoms with E-state index in [9.17, 15) is 13.2 Å². The SMILES string of the molecule is CCC1CCc2cc(-c3ccc(Oc4ccc(OC(F)(F)F)cc4)cc3)c(C)nc2C1. The van der Waals surface area contributed by atoms with Gasteiger partial charge in [0.15, 0.2) is 0 Å². The summed E-state index contributed by atoms with van der Waals surface area (Å²) in [6.07, 6.45) is -0.162. The lowest BCUT2D eigenvalue weighted by Gasteiger charge is -2.24. The molecule has 1 aliphatic rings. The molecule has 0 amide bonds. The Morgan fingerprint density at radius 3 is 2.19 bits per heavy atom. The Labute approximate surface area is 179 Å². The van der Waals surface area contributed by atoms with Crippen molar-refractivity contribution in [3.63, 3.8) is 0 Å². The van der Waals surface area contributed by atoms with Crippen LogP contribution in [0.2, 0.25) is 0 Å². The minimum atomic E-state index is -4.71. The quantitative estimate of drug-likeness (QED) is 0.429. The highest BCUT2D eigenvalue weighted by Crippen LogP contribution is 2.33. The van der Waals surface area contributed by atoms with E-state index in [1.165, 1.54) is 48.4 Å². The van der Waals surface area contributed by atoms with Gasteiger partial charge in [0, 0.05) is 17.0 Å². The molecule has 31 heavy (non-hydrogen) atoms. The number of aromatic nitrogens is 1. The average molecular weight is 427 g/mol. The predicted molar refractivity (Wildman–Crippen MR) is 113 cm³/mol. The van der Waals surface area contributed by atoms with Crippen LogP contribution in [-0.2, 0) is 12.8 Å². The zero-order valence-corrected chi connectivity index (χ0v) is 17.5. The monoisotopic (exact) mass is 427 g/mol. The number of ether oxygens (including phenoxy) is 2. The Kier molecular flexibility index (Phi) is 5.90. The molecule has 0 bridgehead atoms. The van der Waals surface area contributed by atoms with Gasteiger partial charge in [-0.2, -0.15) is 0 Å². The van der Waals surface area contributed by atoms with Gasteiger partial charge < -0.3 is 9.47 Å². The van der Waals surface area contributed by atoms with E-state index in [1.807, 2.05) is 31.2 Å². The maximum absolute atomic E-state index is 12.3. The molecule has 0 radical (unpaired) electrons. The Morgan fingerprint density at radius 2 is 1.58 bits per heavy atom. The molecule has 1 heterocycles. The van der Waals surface area contributed by atoms with Crippen LogP contribution < -0.4 is 9.47 Å². The van der Waals surface area contributed by atoms with Gasteiger partial charge >= 0.3 is 6.36 Å². The Morgan fingerprint density at radius 1 is 0.968 bits per heavy atom. The summed E-state index contributed by atoms with van der Waals surface area (Å²) in [6.45, 7) is 4.28. The fourth-order valence-corrected chi connectivity index (χ4v) is 4.01. The van der Waals surface area contributed by atoms with Gasteiger partial charge in [0.1, 0.15) is 17.2 Å². The number of nitrogens with zero attached hydrogens (tertiary/aromatic N) is 1. The van der Waals surface area contributed by atoms with E-state index in [-0.39, 0.29) is 5.75 Å². The van der Waals surface area contributed by atoms with Crippen molar-refractivity contribution >= 4 is 0 Å². The van der Waals surface area contributed by atoms with Crippen LogP contribution in [0.4, 0.5) is 13.2 Å². The molecule has 1 unspecified atom stereocenters. The molecule has 0 N–H and O–H groups in total. The molecule has 1 atom stereocenters. The molecular formula is C25H24F3NO2. The van der Waals surface area contributed by atoms with Crippen LogP contribution in [0.25, 0.3) is 11.1 Å². The van der Waals surface area contributed by atoms with Crippen LogP contribution >= 0.6 is 0 Å². The first-order chi connectivity index (χ1) is 14.8. The third kappa shape index (κ3) is 5.19. The molecule has 0 fully saturated rings. The van der Waals surface area contributed by atoms with Crippen LogP contribution in [0.5, 0.6) is 17.2 Å². The first kappa shape index (κ1) is 21.2. The second-order valence-electron chi connectivity index (χ2n) is 7.89. The van der Waals surface area contributed by atoms with Crippen molar-refractivity contribution in [2.24, 2.45) is 5.92 Å². The van der Waals surface area contributed by atoms with E-state index in [0.717, 1.165) is 35.6 Å². The fourth-order valence-electron chi connectivity index (χ4n) is 4.01. The van der Waals surface area contributed by atoms with Gasteiger partial charge in [-0.1, -0.05) is 25.5 Å². The second kappa shape index (κ2) is 8.61. The highest BCUT2D eigenvalue weighted by Gasteiger charge is 2.31. The highest BCUT2D eigenvalue weighted by molar-refractivity contribution is 5.67. The third-order valence-corrected chi connectivity index (χ3v) is 5.72. The standard InChI is InChI=1S/C25H24F3NO2/c1-3-17-4-5-19-15-23(16(2)29-24(19)14-17)18-6-8-20(9-7-18)30-21-10-12-22(13-11-21)31-25(26,27)28/h6-13,15,17H,3-5,14H2,1-2H3. The largest absolute Gasteiger partial charge is 0.573 e. The van der Waals surface area contributed by atoms with Crippen molar-refractivity contribution in [2.75, 3.05) is 0 Å². The Hall–Kier alpha value is -3.02. The molecule has 0 spiro atoms. The minimum absolute atomic E-state index is 0.282. The van der Waals surface area contributed by atoms with Crippen molar-refractivity contribution in [3.8, 4) is 28.4 Å². The Bertz CT molecular complexity index is 1040. The van der Waals surface area contributed by atoms with Gasteiger partial charge in [-0.3, -0.25) is 4.98 Å². The topological polar surface area (TPSA) is 31.4 Å². The molecule has 4 rings (SSSR count). The van der Waals surface area contributed by atoms with E-state index in [0.29, 0.717) is 11.5 Å². The number of hydrogen-bond donors (Lipinski definition) is 0. The summed E-state index contributed by atoms with van der Waals surface area (Å²) in [7, 11) is 0. The first-order valence-corrected chi connectivity index (χ1v) is 10.4. The van der Waals surface area contributed by atoms with Gasteiger partial charge in [-0.05, 0) is 85.7 Å². The van der Waals surface area contributed by atoms with Gasteiger partial charge in [-0.25, -0.2) is 0 Å². The van der Waals surface area contributed by atoms with Gasteiger partial charge in [-0.15, -0.1) is 13.2 Å². The summed E-state index contributed by atoms with van der Waals surface area (Å²) in [5.41, 5.74) is 5.77. The lowest BCUT2D eigenvalue weighted by atomic mass is 9.84. The Balaban J connectivity index is 1.47. The average Bonchev–Trinajstić information content (AvgIpc) is 2.74. The van der Waals surface area contributed by atoms with Gasteiger partial charge in [0.25, 0.3) is 0 Å². The molecule has 0 aliphatic heterocycles. The maximum atomic E-state index is 12.3. The minimum Gasteiger partial charge on any atom is -0.457 e. The van der Waals surface area contributed by atoms with Crippen LogP contribution in [0.1, 0.15) is 36.7 Å². The van der Waals surface area contributed by atoms with E-state index in [2.05, 4.69) is 17.7 Å². The van der Waals surface area contributed by atoms with Crippen LogP contribution in [0.3, 0.4) is 0 Å². The van der Waals surface area contributed by atoms with E-state index >= 15 is 0 Å². The first-order valence-electron chi connectivity index (χ1n) is 10.4. The van der Waals surface area contributed by atoms with Crippen LogP contribution in [0.15, 0.2) is 54.6 Å². The summed E-state index contributed by atoms with van der Waals surface area (Å²) in [5, 5.41) is 0. The van der Waals surface area contributed by atoms with E-state index in [4.69, 9.17) is 9.72 Å². The summed E-state index contributed by atoms with van der Waals surface area (Å²) in [4.78, 5) is 4.89. The highest BCUT2D eigenvalue weighted by atomic mass is 19.4. The lowest BCUT2D eigenvalue weighted by molar-refractivity contribution is -0.274. The molecule has 3 nitrogen and oxygen atoms in total. The third-order valence-electron chi connectivity index (χ3n) is 5.72. The molecule has 1 aromatic heterocycles. The number of pyridine rings is 1. The molecule has 162 valence electrons. The van der Waals surface area contributed by atoms with Gasteiger partial charge in [0.05, 0.1) is 0 Å². The van der Waals surface area contributed by atoms with Crippen molar-refractivity contribution in [1.29, 1.82) is 0 Å². The molecule has 3 aromatic rings. The normalized spacial score (nSPS) is 16.0. The maximum Gasteiger partial charge on any atom is 0.573 e. The number of rotatable bonds is 5. The lowest BCUT2D eigenvalue weighted by Crippen LogP contribution is -2.16. The molecular weight excluding hydrogens is 403 g/mol. The van der Waals surface area contributed by atoms with Crippen molar-refractivity contribution in [1.82, 2.24) is 4.98 Å². The van der Waals surface area contributed by atoms with E-state index < -0.39 is 6.36 Å². The predicted octanol–water partition coefficient (Wildman–Crippen LogP) is 7.26. The summed E-state index contributed by atoms with van der Waals surface area (Å²) in [5.74, 6) is 1.48. The fraction of sp³-hybridized carbons (Fsp3) is 0.320. The number of halogens is 3.